The fraction of sp³-hybridized carbons (Fsp3) is 0. The quantitative estimate of drug-likeness (QED) is 0.307. The number of rotatable bonds is 2. The fourth-order valence-electron chi connectivity index (χ4n) is 6.81. The van der Waals surface area contributed by atoms with Crippen molar-refractivity contribution in [2.45, 2.75) is 0 Å². The van der Waals surface area contributed by atoms with Crippen molar-refractivity contribution in [3.63, 3.8) is 0 Å². The van der Waals surface area contributed by atoms with E-state index in [9.17, 15) is 0 Å². The highest BCUT2D eigenvalue weighted by Crippen LogP contribution is 2.42. The highest BCUT2D eigenvalue weighted by atomic mass is 16.5. The van der Waals surface area contributed by atoms with E-state index in [1.807, 2.05) is 24.3 Å². The van der Waals surface area contributed by atoms with E-state index in [1.54, 1.807) is 0 Å². The van der Waals surface area contributed by atoms with Crippen molar-refractivity contribution in [1.82, 2.24) is 0 Å². The summed E-state index contributed by atoms with van der Waals surface area (Å²) in [5.74, 6) is 4.91. The molecule has 0 unspecified atom stereocenters. The smallest absolute Gasteiger partial charge is 0.260 e. The average Bonchev–Trinajstić information content (AvgIpc) is 3.04. The molecule has 0 aromatic heterocycles. The summed E-state index contributed by atoms with van der Waals surface area (Å²) >= 11 is 0. The van der Waals surface area contributed by atoms with Crippen LogP contribution in [0.2, 0.25) is 0 Å². The molecule has 190 valence electrons. The molecule has 5 heteroatoms. The number of benzene rings is 6. The molecule has 0 amide bonds. The molecule has 6 aromatic rings. The normalized spacial score (nSPS) is 13.4. The summed E-state index contributed by atoms with van der Waals surface area (Å²) in [6.45, 7) is -0.0797. The van der Waals surface area contributed by atoms with Gasteiger partial charge < -0.3 is 14.2 Å². The Balaban J connectivity index is 1.34. The van der Waals surface area contributed by atoms with Gasteiger partial charge in [-0.25, -0.2) is 0 Å². The second kappa shape index (κ2) is 8.67. The molecule has 0 saturated heterocycles. The van der Waals surface area contributed by atoms with Crippen LogP contribution in [0, 0.1) is 0 Å². The van der Waals surface area contributed by atoms with Crippen LogP contribution in [-0.4, -0.2) is 13.4 Å². The Hall–Kier alpha value is -5.15. The van der Waals surface area contributed by atoms with Crippen LogP contribution in [0.15, 0.2) is 133 Å². The Morgan fingerprint density at radius 3 is 1.56 bits per heavy atom. The van der Waals surface area contributed by atoms with E-state index in [0.717, 1.165) is 61.8 Å². The maximum atomic E-state index is 6.77. The molecule has 0 bridgehead atoms. The van der Waals surface area contributed by atoms with Gasteiger partial charge in [-0.15, -0.1) is 0 Å². The van der Waals surface area contributed by atoms with Crippen LogP contribution < -0.4 is 47.0 Å². The van der Waals surface area contributed by atoms with Crippen LogP contribution in [0.4, 0.5) is 0 Å². The van der Waals surface area contributed by atoms with Gasteiger partial charge in [-0.2, -0.15) is 0 Å². The van der Waals surface area contributed by atoms with Crippen molar-refractivity contribution >= 4 is 46.2 Å². The summed E-state index contributed by atoms with van der Waals surface area (Å²) in [5.41, 5.74) is 9.06. The number of ether oxygens (including phenoxy) is 3. The number of hydrogen-bond acceptors (Lipinski definition) is 3. The predicted molar refractivity (Wildman–Crippen MR) is 167 cm³/mol. The lowest BCUT2D eigenvalue weighted by molar-refractivity contribution is 0.418. The first-order chi connectivity index (χ1) is 20.3. The van der Waals surface area contributed by atoms with E-state index in [2.05, 4.69) is 109 Å². The van der Waals surface area contributed by atoms with E-state index in [0.29, 0.717) is 0 Å². The van der Waals surface area contributed by atoms with Crippen LogP contribution in [0.1, 0.15) is 0 Å². The van der Waals surface area contributed by atoms with E-state index in [1.165, 1.54) is 16.6 Å². The molecule has 0 aliphatic carbocycles. The monoisotopic (exact) mass is 524 g/mol. The second-order valence-electron chi connectivity index (χ2n) is 10.8. The van der Waals surface area contributed by atoms with Gasteiger partial charge in [0, 0.05) is 5.46 Å². The fourth-order valence-corrected chi connectivity index (χ4v) is 6.81. The van der Waals surface area contributed by atoms with Gasteiger partial charge in [0.2, 0.25) is 0 Å². The first-order valence-corrected chi connectivity index (χ1v) is 14.0. The first-order valence-electron chi connectivity index (χ1n) is 14.0. The van der Waals surface area contributed by atoms with Crippen molar-refractivity contribution in [3.8, 4) is 45.6 Å². The summed E-state index contributed by atoms with van der Waals surface area (Å²) in [7, 11) is 0. The SMILES string of the molecule is c1ccc(-c2ccccc2B2c3ccccc3Oc3c2cc2c4c3Oc3ccccc3B4c3ccccc3O2)cc1. The third kappa shape index (κ3) is 3.29. The van der Waals surface area contributed by atoms with E-state index < -0.39 is 0 Å². The molecule has 3 nitrogen and oxygen atoms in total. The molecule has 41 heavy (non-hydrogen) atoms. The van der Waals surface area contributed by atoms with Crippen molar-refractivity contribution in [1.29, 1.82) is 0 Å². The van der Waals surface area contributed by atoms with Crippen LogP contribution in [0.3, 0.4) is 0 Å². The molecule has 0 atom stereocenters. The van der Waals surface area contributed by atoms with Gasteiger partial charge in [-0.3, -0.25) is 0 Å². The Morgan fingerprint density at radius 2 is 0.878 bits per heavy atom. The number of hydrogen-bond donors (Lipinski definition) is 0. The summed E-state index contributed by atoms with van der Waals surface area (Å²) in [5, 5.41) is 0. The Kier molecular flexibility index (Phi) is 4.79. The van der Waals surface area contributed by atoms with Crippen LogP contribution in [0.5, 0.6) is 34.5 Å². The molecule has 0 fully saturated rings. The molecule has 0 N–H and O–H groups in total. The van der Waals surface area contributed by atoms with Crippen molar-refractivity contribution in [2.75, 3.05) is 0 Å². The van der Waals surface area contributed by atoms with E-state index >= 15 is 0 Å². The van der Waals surface area contributed by atoms with E-state index in [4.69, 9.17) is 14.2 Å². The highest BCUT2D eigenvalue weighted by Gasteiger charge is 2.45. The summed E-state index contributed by atoms with van der Waals surface area (Å²) in [4.78, 5) is 0. The summed E-state index contributed by atoms with van der Waals surface area (Å²) < 4.78 is 20.2. The molecule has 9 rings (SSSR count). The van der Waals surface area contributed by atoms with Gasteiger partial charge in [0.05, 0.1) is 0 Å². The van der Waals surface area contributed by atoms with Gasteiger partial charge in [-0.05, 0) is 57.2 Å². The zero-order chi connectivity index (χ0) is 26.9. The van der Waals surface area contributed by atoms with Crippen LogP contribution in [-0.2, 0) is 0 Å². The second-order valence-corrected chi connectivity index (χ2v) is 10.8. The van der Waals surface area contributed by atoms with Gasteiger partial charge >= 0.3 is 0 Å². The molecule has 3 aliphatic rings. The van der Waals surface area contributed by atoms with Gasteiger partial charge in [-0.1, -0.05) is 115 Å². The third-order valence-electron chi connectivity index (χ3n) is 8.56. The number of para-hydroxylation sites is 3. The Morgan fingerprint density at radius 1 is 0.366 bits per heavy atom. The standard InChI is InChI=1S/C36H22B2O3/c1-2-12-23(13-3-1)24-14-4-5-15-25(24)37-26-16-6-10-20-31(26)40-35-29(37)22-33-34-36(35)41-32-21-11-8-18-28(32)38(34)27-17-7-9-19-30(27)39-33/h1-22H. The first kappa shape index (κ1) is 22.6. The minimum Gasteiger partial charge on any atom is -0.458 e. The minimum absolute atomic E-state index is 0.00368. The average molecular weight is 524 g/mol. The van der Waals surface area contributed by atoms with Gasteiger partial charge in [0.25, 0.3) is 13.4 Å². The maximum absolute atomic E-state index is 6.77. The molecule has 3 aliphatic heterocycles. The molecule has 0 saturated carbocycles. The molecular weight excluding hydrogens is 502 g/mol. The molecule has 0 radical (unpaired) electrons. The Labute approximate surface area is 239 Å². The molecule has 0 spiro atoms. The Bertz CT molecular complexity index is 1990. The third-order valence-corrected chi connectivity index (χ3v) is 8.56. The van der Waals surface area contributed by atoms with Gasteiger partial charge in [0.1, 0.15) is 23.0 Å². The van der Waals surface area contributed by atoms with Gasteiger partial charge in [0.15, 0.2) is 11.5 Å². The lowest BCUT2D eigenvalue weighted by Crippen LogP contribution is -2.60. The lowest BCUT2D eigenvalue weighted by Gasteiger charge is -2.37. The predicted octanol–water partition coefficient (Wildman–Crippen LogP) is 4.70. The molecular formula is C36H22B2O3. The van der Waals surface area contributed by atoms with Crippen LogP contribution in [0.25, 0.3) is 11.1 Å². The number of fused-ring (bicyclic) bond motifs is 7. The zero-order valence-corrected chi connectivity index (χ0v) is 22.1. The summed E-state index contributed by atoms with van der Waals surface area (Å²) in [6.07, 6.45) is 0. The zero-order valence-electron chi connectivity index (χ0n) is 22.1. The lowest BCUT2D eigenvalue weighted by atomic mass is 9.32. The largest absolute Gasteiger partial charge is 0.458 e. The maximum Gasteiger partial charge on any atom is 0.260 e. The highest BCUT2D eigenvalue weighted by molar-refractivity contribution is 7.00. The topological polar surface area (TPSA) is 27.7 Å². The molecule has 6 aromatic carbocycles. The van der Waals surface area contributed by atoms with Crippen molar-refractivity contribution in [2.24, 2.45) is 0 Å². The van der Waals surface area contributed by atoms with Crippen molar-refractivity contribution < 1.29 is 14.2 Å². The summed E-state index contributed by atoms with van der Waals surface area (Å²) in [6, 6.07) is 46.4. The van der Waals surface area contributed by atoms with E-state index in [-0.39, 0.29) is 13.4 Å². The molecule has 3 heterocycles. The van der Waals surface area contributed by atoms with Crippen molar-refractivity contribution in [3.05, 3.63) is 133 Å². The minimum atomic E-state index is -0.0760. The van der Waals surface area contributed by atoms with Crippen LogP contribution >= 0.6 is 0 Å².